The van der Waals surface area contributed by atoms with Crippen LogP contribution in [0.1, 0.15) is 5.56 Å². The monoisotopic (exact) mass is 279 g/mol. The first-order valence-electron chi connectivity index (χ1n) is 5.43. The van der Waals surface area contributed by atoms with Crippen molar-refractivity contribution in [1.82, 2.24) is 9.97 Å². The fourth-order valence-electron chi connectivity index (χ4n) is 1.50. The molecule has 1 heterocycles. The number of aromatic nitrogens is 2. The molecule has 0 amide bonds. The van der Waals surface area contributed by atoms with Crippen LogP contribution in [-0.4, -0.2) is 14.9 Å². The number of nitrogens with zero attached hydrogens (tertiary/aromatic N) is 3. The van der Waals surface area contributed by atoms with Crippen molar-refractivity contribution in [2.24, 2.45) is 5.84 Å². The van der Waals surface area contributed by atoms with Crippen LogP contribution in [-0.2, 0) is 0 Å². The SMILES string of the molecule is Cc1ccc(F)cc1Oc1ncnc(NN)c1[N+](=O)[O-]. The Kier molecular flexibility index (Phi) is 3.71. The zero-order valence-corrected chi connectivity index (χ0v) is 10.3. The van der Waals surface area contributed by atoms with Crippen molar-refractivity contribution in [3.8, 4) is 11.6 Å². The number of rotatable bonds is 4. The van der Waals surface area contributed by atoms with Crippen molar-refractivity contribution in [3.63, 3.8) is 0 Å². The number of benzene rings is 1. The van der Waals surface area contributed by atoms with E-state index in [4.69, 9.17) is 10.6 Å². The maximum atomic E-state index is 13.2. The van der Waals surface area contributed by atoms with Gasteiger partial charge in [-0.05, 0) is 18.6 Å². The molecular weight excluding hydrogens is 269 g/mol. The van der Waals surface area contributed by atoms with Crippen LogP contribution in [0.15, 0.2) is 24.5 Å². The predicted molar refractivity (Wildman–Crippen MR) is 67.7 cm³/mol. The maximum Gasteiger partial charge on any atom is 0.374 e. The van der Waals surface area contributed by atoms with Gasteiger partial charge in [0, 0.05) is 6.07 Å². The fourth-order valence-corrected chi connectivity index (χ4v) is 1.50. The third kappa shape index (κ3) is 2.62. The fraction of sp³-hybridized carbons (Fsp3) is 0.0909. The minimum atomic E-state index is -0.737. The van der Waals surface area contributed by atoms with Gasteiger partial charge in [-0.1, -0.05) is 6.07 Å². The Bertz CT molecular complexity index is 665. The van der Waals surface area contributed by atoms with Gasteiger partial charge in [-0.25, -0.2) is 15.2 Å². The first-order valence-corrected chi connectivity index (χ1v) is 5.43. The summed E-state index contributed by atoms with van der Waals surface area (Å²) in [5.74, 6) is 4.21. The average molecular weight is 279 g/mol. The highest BCUT2D eigenvalue weighted by molar-refractivity contribution is 5.61. The van der Waals surface area contributed by atoms with Gasteiger partial charge in [-0.2, -0.15) is 4.98 Å². The van der Waals surface area contributed by atoms with Crippen LogP contribution in [0.4, 0.5) is 15.9 Å². The topological polar surface area (TPSA) is 116 Å². The van der Waals surface area contributed by atoms with Gasteiger partial charge >= 0.3 is 11.6 Å². The molecule has 1 aromatic heterocycles. The van der Waals surface area contributed by atoms with Crippen LogP contribution < -0.4 is 16.0 Å². The molecule has 9 heteroatoms. The standard InChI is InChI=1S/C11H10FN5O3/c1-6-2-3-7(12)4-8(6)20-11-9(17(18)19)10(16-13)14-5-15-11/h2-5H,13H2,1H3,(H,14,15,16). The molecule has 0 unspecified atom stereocenters. The minimum Gasteiger partial charge on any atom is -0.433 e. The van der Waals surface area contributed by atoms with Crippen LogP contribution in [0, 0.1) is 22.9 Å². The number of hydrogen-bond acceptors (Lipinski definition) is 7. The van der Waals surface area contributed by atoms with E-state index in [-0.39, 0.29) is 17.4 Å². The predicted octanol–water partition coefficient (Wildman–Crippen LogP) is 1.91. The van der Waals surface area contributed by atoms with Gasteiger partial charge < -0.3 is 10.2 Å². The van der Waals surface area contributed by atoms with E-state index >= 15 is 0 Å². The van der Waals surface area contributed by atoms with Gasteiger partial charge in [0.15, 0.2) is 0 Å². The van der Waals surface area contributed by atoms with E-state index in [1.165, 1.54) is 12.1 Å². The molecule has 2 aromatic rings. The third-order valence-corrected chi connectivity index (χ3v) is 2.46. The molecule has 0 atom stereocenters. The molecule has 104 valence electrons. The summed E-state index contributed by atoms with van der Waals surface area (Å²) in [4.78, 5) is 17.6. The normalized spacial score (nSPS) is 10.2. The summed E-state index contributed by atoms with van der Waals surface area (Å²) >= 11 is 0. The average Bonchev–Trinajstić information content (AvgIpc) is 2.42. The summed E-state index contributed by atoms with van der Waals surface area (Å²) < 4.78 is 18.5. The Hall–Kier alpha value is -2.81. The highest BCUT2D eigenvalue weighted by Gasteiger charge is 2.25. The van der Waals surface area contributed by atoms with Crippen LogP contribution in [0.25, 0.3) is 0 Å². The smallest absolute Gasteiger partial charge is 0.374 e. The van der Waals surface area contributed by atoms with E-state index in [0.717, 1.165) is 12.4 Å². The number of nitrogen functional groups attached to an aromatic ring is 1. The Labute approximate surface area is 112 Å². The summed E-state index contributed by atoms with van der Waals surface area (Å²) in [6, 6.07) is 3.85. The van der Waals surface area contributed by atoms with Crippen LogP contribution in [0.3, 0.4) is 0 Å². The van der Waals surface area contributed by atoms with E-state index in [1.807, 2.05) is 0 Å². The lowest BCUT2D eigenvalue weighted by molar-refractivity contribution is -0.385. The molecule has 0 aliphatic rings. The van der Waals surface area contributed by atoms with E-state index in [2.05, 4.69) is 15.4 Å². The Morgan fingerprint density at radius 2 is 2.20 bits per heavy atom. The molecule has 0 aliphatic heterocycles. The molecule has 8 nitrogen and oxygen atoms in total. The Balaban J connectivity index is 2.48. The van der Waals surface area contributed by atoms with Crippen LogP contribution >= 0.6 is 0 Å². The summed E-state index contributed by atoms with van der Waals surface area (Å²) in [7, 11) is 0. The lowest BCUT2D eigenvalue weighted by Crippen LogP contribution is -2.12. The second-order valence-electron chi connectivity index (χ2n) is 3.79. The summed E-state index contributed by atoms with van der Waals surface area (Å²) in [5.41, 5.74) is 2.15. The number of halogens is 1. The number of hydrogen-bond donors (Lipinski definition) is 2. The molecule has 20 heavy (non-hydrogen) atoms. The molecule has 0 saturated carbocycles. The van der Waals surface area contributed by atoms with Crippen molar-refractivity contribution in [2.75, 3.05) is 5.43 Å². The number of nitro groups is 1. The van der Waals surface area contributed by atoms with Crippen molar-refractivity contribution in [3.05, 3.63) is 46.0 Å². The number of hydrazine groups is 1. The highest BCUT2D eigenvalue weighted by atomic mass is 19.1. The van der Waals surface area contributed by atoms with Gasteiger partial charge in [-0.15, -0.1) is 0 Å². The summed E-state index contributed by atoms with van der Waals surface area (Å²) in [6.07, 6.45) is 1.05. The molecule has 0 bridgehead atoms. The van der Waals surface area contributed by atoms with Gasteiger partial charge in [0.25, 0.3) is 0 Å². The quantitative estimate of drug-likeness (QED) is 0.498. The first-order chi connectivity index (χ1) is 9.52. The van der Waals surface area contributed by atoms with Crippen molar-refractivity contribution >= 4 is 11.5 Å². The lowest BCUT2D eigenvalue weighted by Gasteiger charge is -2.09. The van der Waals surface area contributed by atoms with Crippen molar-refractivity contribution in [2.45, 2.75) is 6.92 Å². The van der Waals surface area contributed by atoms with Crippen molar-refractivity contribution < 1.29 is 14.1 Å². The molecule has 0 fully saturated rings. The van der Waals surface area contributed by atoms with Gasteiger partial charge in [0.2, 0.25) is 5.82 Å². The zero-order chi connectivity index (χ0) is 14.7. The number of ether oxygens (including phenoxy) is 1. The lowest BCUT2D eigenvalue weighted by atomic mass is 10.2. The van der Waals surface area contributed by atoms with E-state index in [1.54, 1.807) is 6.92 Å². The van der Waals surface area contributed by atoms with Gasteiger partial charge in [0.05, 0.1) is 4.92 Å². The number of aryl methyl sites for hydroxylation is 1. The van der Waals surface area contributed by atoms with Crippen LogP contribution in [0.2, 0.25) is 0 Å². The van der Waals surface area contributed by atoms with Gasteiger partial charge in [0.1, 0.15) is 17.9 Å². The van der Waals surface area contributed by atoms with E-state index in [9.17, 15) is 14.5 Å². The maximum absolute atomic E-state index is 13.2. The molecule has 2 rings (SSSR count). The van der Waals surface area contributed by atoms with Crippen molar-refractivity contribution in [1.29, 1.82) is 0 Å². The molecule has 3 N–H and O–H groups in total. The van der Waals surface area contributed by atoms with E-state index in [0.29, 0.717) is 5.56 Å². The number of anilines is 1. The minimum absolute atomic E-state index is 0.120. The third-order valence-electron chi connectivity index (χ3n) is 2.46. The molecule has 0 aliphatic carbocycles. The Morgan fingerprint density at radius 1 is 1.45 bits per heavy atom. The molecule has 1 aromatic carbocycles. The first kappa shape index (κ1) is 13.6. The second-order valence-corrected chi connectivity index (χ2v) is 3.79. The molecule has 0 spiro atoms. The van der Waals surface area contributed by atoms with E-state index < -0.39 is 16.4 Å². The molecule has 0 radical (unpaired) electrons. The van der Waals surface area contributed by atoms with Crippen LogP contribution in [0.5, 0.6) is 11.6 Å². The Morgan fingerprint density at radius 3 is 2.85 bits per heavy atom. The highest BCUT2D eigenvalue weighted by Crippen LogP contribution is 2.34. The number of nitrogens with two attached hydrogens (primary N) is 1. The number of nitrogens with one attached hydrogen (secondary N) is 1. The molecule has 0 saturated heterocycles. The summed E-state index contributed by atoms with van der Waals surface area (Å²) in [5, 5.41) is 11.0. The second kappa shape index (κ2) is 5.45. The largest absolute Gasteiger partial charge is 0.433 e. The summed E-state index contributed by atoms with van der Waals surface area (Å²) in [6.45, 7) is 1.67. The molecular formula is C11H10FN5O3. The zero-order valence-electron chi connectivity index (χ0n) is 10.3. The van der Waals surface area contributed by atoms with Gasteiger partial charge in [-0.3, -0.25) is 10.1 Å².